The number of hydrogen-bond acceptors (Lipinski definition) is 2. The first-order chi connectivity index (χ1) is 6.95. The Labute approximate surface area is 86.2 Å². The van der Waals surface area contributed by atoms with Crippen LogP contribution in [-0.2, 0) is 5.60 Å². The summed E-state index contributed by atoms with van der Waals surface area (Å²) < 4.78 is 27.4. The molecule has 0 amide bonds. The maximum Gasteiger partial charge on any atom is 0.309 e. The van der Waals surface area contributed by atoms with Crippen LogP contribution in [0.5, 0.6) is 0 Å². The summed E-state index contributed by atoms with van der Waals surface area (Å²) in [6, 6.07) is 6.00. The Balaban J connectivity index is 2.67. The molecule has 0 saturated carbocycles. The second-order valence-corrected chi connectivity index (χ2v) is 3.83. The van der Waals surface area contributed by atoms with Crippen LogP contribution in [0.1, 0.15) is 30.6 Å². The number of alkyl halides is 2. The van der Waals surface area contributed by atoms with Gasteiger partial charge in [0.25, 0.3) is 0 Å². The summed E-state index contributed by atoms with van der Waals surface area (Å²) in [5, 5.41) is 19.4. The molecule has 0 aliphatic heterocycles. The van der Waals surface area contributed by atoms with Gasteiger partial charge in [-0.1, -0.05) is 31.2 Å². The van der Waals surface area contributed by atoms with Crippen LogP contribution in [0, 0.1) is 0 Å². The van der Waals surface area contributed by atoms with Crippen molar-refractivity contribution in [1.82, 2.24) is 0 Å². The first-order valence-corrected chi connectivity index (χ1v) is 4.83. The molecule has 1 aromatic carbocycles. The van der Waals surface area contributed by atoms with Gasteiger partial charge in [0.15, 0.2) is 5.60 Å². The fraction of sp³-hybridized carbons (Fsp3) is 0.455. The van der Waals surface area contributed by atoms with E-state index in [2.05, 4.69) is 0 Å². The molecular formula is C11H12F2O2. The Morgan fingerprint density at radius 1 is 1.33 bits per heavy atom. The lowest BCUT2D eigenvalue weighted by molar-refractivity contribution is -0.224. The zero-order chi connectivity index (χ0) is 11.3. The third kappa shape index (κ3) is 1.09. The number of hydrogen-bond donors (Lipinski definition) is 2. The SMILES string of the molecule is CC[C@]1(O)c2ccccc2[C@@H](O)C1(F)F. The monoisotopic (exact) mass is 214 g/mol. The highest BCUT2D eigenvalue weighted by Crippen LogP contribution is 2.55. The lowest BCUT2D eigenvalue weighted by atomic mass is 9.90. The van der Waals surface area contributed by atoms with E-state index < -0.39 is 17.6 Å². The average Bonchev–Trinajstić information content (AvgIpc) is 2.40. The van der Waals surface area contributed by atoms with E-state index in [0.29, 0.717) is 0 Å². The molecule has 0 fully saturated rings. The number of aliphatic hydroxyl groups excluding tert-OH is 1. The van der Waals surface area contributed by atoms with Crippen molar-refractivity contribution >= 4 is 0 Å². The zero-order valence-electron chi connectivity index (χ0n) is 8.24. The second kappa shape index (κ2) is 3.00. The van der Waals surface area contributed by atoms with Crippen LogP contribution < -0.4 is 0 Å². The first kappa shape index (κ1) is 10.5. The highest BCUT2D eigenvalue weighted by Gasteiger charge is 2.64. The molecule has 2 atom stereocenters. The Bertz CT molecular complexity index is 392. The van der Waals surface area contributed by atoms with Gasteiger partial charge in [-0.05, 0) is 17.5 Å². The summed E-state index contributed by atoms with van der Waals surface area (Å²) in [6.07, 6.45) is -2.05. The van der Waals surface area contributed by atoms with E-state index in [4.69, 9.17) is 0 Å². The van der Waals surface area contributed by atoms with E-state index in [1.807, 2.05) is 0 Å². The predicted octanol–water partition coefficient (Wildman–Crippen LogP) is 1.97. The van der Waals surface area contributed by atoms with Crippen LogP contribution in [-0.4, -0.2) is 16.1 Å². The smallest absolute Gasteiger partial charge is 0.309 e. The molecule has 0 saturated heterocycles. The molecular weight excluding hydrogens is 202 g/mol. The maximum atomic E-state index is 13.7. The Hall–Kier alpha value is -1.00. The van der Waals surface area contributed by atoms with Crippen LogP contribution in [0.2, 0.25) is 0 Å². The van der Waals surface area contributed by atoms with Gasteiger partial charge in [-0.15, -0.1) is 0 Å². The maximum absolute atomic E-state index is 13.7. The first-order valence-electron chi connectivity index (χ1n) is 4.83. The number of fused-ring (bicyclic) bond motifs is 1. The summed E-state index contributed by atoms with van der Waals surface area (Å²) in [4.78, 5) is 0. The van der Waals surface area contributed by atoms with E-state index in [-0.39, 0.29) is 17.5 Å². The van der Waals surface area contributed by atoms with Gasteiger partial charge >= 0.3 is 5.92 Å². The van der Waals surface area contributed by atoms with Gasteiger partial charge in [0.1, 0.15) is 6.10 Å². The van der Waals surface area contributed by atoms with Gasteiger partial charge < -0.3 is 10.2 Å². The molecule has 2 rings (SSSR count). The molecule has 1 aliphatic carbocycles. The Kier molecular flexibility index (Phi) is 2.10. The van der Waals surface area contributed by atoms with E-state index in [0.717, 1.165) is 0 Å². The van der Waals surface area contributed by atoms with Crippen LogP contribution >= 0.6 is 0 Å². The van der Waals surface area contributed by atoms with E-state index in [1.165, 1.54) is 19.1 Å². The number of rotatable bonds is 1. The van der Waals surface area contributed by atoms with Crippen LogP contribution in [0.15, 0.2) is 24.3 Å². The van der Waals surface area contributed by atoms with Crippen LogP contribution in [0.4, 0.5) is 8.78 Å². The topological polar surface area (TPSA) is 40.5 Å². The molecule has 2 N–H and O–H groups in total. The second-order valence-electron chi connectivity index (χ2n) is 3.83. The third-order valence-corrected chi connectivity index (χ3v) is 3.11. The fourth-order valence-corrected chi connectivity index (χ4v) is 2.14. The number of aliphatic hydroxyl groups is 2. The summed E-state index contributed by atoms with van der Waals surface area (Å²) in [7, 11) is 0. The zero-order valence-corrected chi connectivity index (χ0v) is 8.24. The molecule has 2 nitrogen and oxygen atoms in total. The number of benzene rings is 1. The van der Waals surface area contributed by atoms with Crippen molar-refractivity contribution in [3.05, 3.63) is 35.4 Å². The predicted molar refractivity (Wildman–Crippen MR) is 50.5 cm³/mol. The van der Waals surface area contributed by atoms with Crippen molar-refractivity contribution in [2.24, 2.45) is 0 Å². The Morgan fingerprint density at radius 3 is 2.53 bits per heavy atom. The summed E-state index contributed by atoms with van der Waals surface area (Å²) in [6.45, 7) is 1.47. The normalized spacial score (nSPS) is 32.7. The molecule has 0 spiro atoms. The van der Waals surface area contributed by atoms with E-state index >= 15 is 0 Å². The van der Waals surface area contributed by atoms with Crippen molar-refractivity contribution in [2.75, 3.05) is 0 Å². The molecule has 0 radical (unpaired) electrons. The Morgan fingerprint density at radius 2 is 1.93 bits per heavy atom. The minimum absolute atomic E-state index is 0.117. The lowest BCUT2D eigenvalue weighted by Crippen LogP contribution is -2.43. The summed E-state index contributed by atoms with van der Waals surface area (Å²) in [5.74, 6) is -3.52. The van der Waals surface area contributed by atoms with Crippen molar-refractivity contribution in [1.29, 1.82) is 0 Å². The fourth-order valence-electron chi connectivity index (χ4n) is 2.14. The molecule has 4 heteroatoms. The van der Waals surface area contributed by atoms with Crippen LogP contribution in [0.25, 0.3) is 0 Å². The van der Waals surface area contributed by atoms with Crippen LogP contribution in [0.3, 0.4) is 0 Å². The number of halogens is 2. The van der Waals surface area contributed by atoms with Crippen molar-refractivity contribution < 1.29 is 19.0 Å². The quantitative estimate of drug-likeness (QED) is 0.750. The van der Waals surface area contributed by atoms with Gasteiger partial charge in [0.2, 0.25) is 0 Å². The molecule has 0 bridgehead atoms. The third-order valence-electron chi connectivity index (χ3n) is 3.11. The largest absolute Gasteiger partial charge is 0.382 e. The van der Waals surface area contributed by atoms with Gasteiger partial charge in [0.05, 0.1) is 0 Å². The minimum atomic E-state index is -3.52. The molecule has 0 heterocycles. The summed E-state index contributed by atoms with van der Waals surface area (Å²) in [5.41, 5.74) is -2.00. The van der Waals surface area contributed by atoms with Gasteiger partial charge in [-0.3, -0.25) is 0 Å². The molecule has 1 aromatic rings. The summed E-state index contributed by atoms with van der Waals surface area (Å²) >= 11 is 0. The van der Waals surface area contributed by atoms with Gasteiger partial charge in [0, 0.05) is 0 Å². The van der Waals surface area contributed by atoms with Gasteiger partial charge in [-0.25, -0.2) is 0 Å². The molecule has 0 aromatic heterocycles. The van der Waals surface area contributed by atoms with Crippen molar-refractivity contribution in [3.63, 3.8) is 0 Å². The van der Waals surface area contributed by atoms with E-state index in [9.17, 15) is 19.0 Å². The molecule has 0 unspecified atom stereocenters. The van der Waals surface area contributed by atoms with Gasteiger partial charge in [-0.2, -0.15) is 8.78 Å². The lowest BCUT2D eigenvalue weighted by Gasteiger charge is -2.30. The van der Waals surface area contributed by atoms with Crippen molar-refractivity contribution in [3.8, 4) is 0 Å². The average molecular weight is 214 g/mol. The molecule has 15 heavy (non-hydrogen) atoms. The standard InChI is InChI=1S/C11H12F2O2/c1-2-10(15)8-6-4-3-5-7(8)9(14)11(10,12)13/h3-6,9,14-15H,2H2,1H3/t9-,10+/m1/s1. The van der Waals surface area contributed by atoms with Crippen molar-refractivity contribution in [2.45, 2.75) is 31.0 Å². The minimum Gasteiger partial charge on any atom is -0.382 e. The van der Waals surface area contributed by atoms with E-state index in [1.54, 1.807) is 12.1 Å². The molecule has 82 valence electrons. The molecule has 1 aliphatic rings. The highest BCUT2D eigenvalue weighted by atomic mass is 19.3. The highest BCUT2D eigenvalue weighted by molar-refractivity contribution is 5.43.